The van der Waals surface area contributed by atoms with E-state index in [1.807, 2.05) is 16.8 Å². The van der Waals surface area contributed by atoms with Gasteiger partial charge in [-0.05, 0) is 19.1 Å². The van der Waals surface area contributed by atoms with Crippen LogP contribution in [0.25, 0.3) is 0 Å². The molecule has 0 saturated heterocycles. The Balaban J connectivity index is 1.82. The highest BCUT2D eigenvalue weighted by molar-refractivity contribution is 7.99. The van der Waals surface area contributed by atoms with Crippen molar-refractivity contribution >= 4 is 11.8 Å². The van der Waals surface area contributed by atoms with Crippen LogP contribution in [0.5, 0.6) is 0 Å². The third kappa shape index (κ3) is 3.91. The number of thioether (sulfide) groups is 1. The van der Waals surface area contributed by atoms with Crippen molar-refractivity contribution in [2.45, 2.75) is 24.5 Å². The molecule has 90 valence electrons. The number of rotatable bonds is 5. The van der Waals surface area contributed by atoms with E-state index in [0.717, 1.165) is 0 Å². The first-order chi connectivity index (χ1) is 8.24. The molecule has 0 amide bonds. The summed E-state index contributed by atoms with van der Waals surface area (Å²) in [6, 6.07) is 8.32. The Hall–Kier alpha value is -1.26. The van der Waals surface area contributed by atoms with Gasteiger partial charge in [0.25, 0.3) is 0 Å². The van der Waals surface area contributed by atoms with Crippen molar-refractivity contribution in [3.63, 3.8) is 0 Å². The van der Waals surface area contributed by atoms with E-state index in [9.17, 15) is 5.11 Å². The van der Waals surface area contributed by atoms with Gasteiger partial charge >= 0.3 is 0 Å². The third-order valence-electron chi connectivity index (χ3n) is 2.41. The molecule has 0 aliphatic rings. The topological polar surface area (TPSA) is 38.0 Å². The molecule has 17 heavy (non-hydrogen) atoms. The number of hydrogen-bond acceptors (Lipinski definition) is 3. The molecule has 4 heteroatoms. The molecule has 0 aliphatic heterocycles. The van der Waals surface area contributed by atoms with Crippen LogP contribution in [0.1, 0.15) is 5.56 Å². The molecule has 3 nitrogen and oxygen atoms in total. The molecule has 0 saturated carbocycles. The maximum Gasteiger partial charge on any atom is 0.0946 e. The van der Waals surface area contributed by atoms with E-state index < -0.39 is 0 Å². The Bertz CT molecular complexity index is 456. The van der Waals surface area contributed by atoms with Crippen molar-refractivity contribution in [3.05, 3.63) is 48.5 Å². The van der Waals surface area contributed by atoms with E-state index in [-0.39, 0.29) is 6.10 Å². The van der Waals surface area contributed by atoms with E-state index in [2.05, 4.69) is 30.1 Å². The number of aryl methyl sites for hydroxylation is 1. The van der Waals surface area contributed by atoms with E-state index in [1.165, 1.54) is 10.5 Å². The van der Waals surface area contributed by atoms with Crippen LogP contribution in [0.4, 0.5) is 0 Å². The van der Waals surface area contributed by atoms with Crippen molar-refractivity contribution in [1.29, 1.82) is 0 Å². The number of hydrogen-bond donors (Lipinski definition) is 1. The Kier molecular flexibility index (Phi) is 4.23. The van der Waals surface area contributed by atoms with Crippen LogP contribution < -0.4 is 0 Å². The van der Waals surface area contributed by atoms with E-state index in [1.54, 1.807) is 24.3 Å². The molecule has 0 spiro atoms. The summed E-state index contributed by atoms with van der Waals surface area (Å²) < 4.78 is 1.89. The molecule has 0 fully saturated rings. The summed E-state index contributed by atoms with van der Waals surface area (Å²) >= 11 is 1.68. The lowest BCUT2D eigenvalue weighted by Crippen LogP contribution is -2.17. The Morgan fingerprint density at radius 1 is 1.47 bits per heavy atom. The number of aromatic nitrogens is 2. The van der Waals surface area contributed by atoms with Crippen molar-refractivity contribution in [1.82, 2.24) is 9.55 Å². The Morgan fingerprint density at radius 2 is 2.35 bits per heavy atom. The van der Waals surface area contributed by atoms with Crippen LogP contribution in [0.2, 0.25) is 0 Å². The van der Waals surface area contributed by atoms with Crippen LogP contribution in [0.15, 0.2) is 47.9 Å². The predicted octanol–water partition coefficient (Wildman–Crippen LogP) is 2.34. The third-order valence-corrected chi connectivity index (χ3v) is 3.55. The zero-order valence-corrected chi connectivity index (χ0v) is 10.6. The first kappa shape index (κ1) is 12.2. The zero-order chi connectivity index (χ0) is 12.1. The average Bonchev–Trinajstić information content (AvgIpc) is 2.79. The van der Waals surface area contributed by atoms with Gasteiger partial charge in [0.05, 0.1) is 19.0 Å². The van der Waals surface area contributed by atoms with E-state index in [4.69, 9.17) is 0 Å². The molecule has 2 rings (SSSR count). The van der Waals surface area contributed by atoms with Crippen molar-refractivity contribution < 1.29 is 5.11 Å². The highest BCUT2D eigenvalue weighted by atomic mass is 32.2. The molecule has 1 N–H and O–H groups in total. The molecule has 2 aromatic rings. The van der Waals surface area contributed by atoms with Crippen molar-refractivity contribution in [3.8, 4) is 0 Å². The maximum absolute atomic E-state index is 9.88. The molecule has 0 aliphatic carbocycles. The normalized spacial score (nSPS) is 12.6. The van der Waals surface area contributed by atoms with Crippen LogP contribution >= 0.6 is 11.8 Å². The van der Waals surface area contributed by atoms with Gasteiger partial charge in [0.15, 0.2) is 0 Å². The van der Waals surface area contributed by atoms with Gasteiger partial charge in [-0.15, -0.1) is 11.8 Å². The fraction of sp³-hybridized carbons (Fsp3) is 0.308. The highest BCUT2D eigenvalue weighted by Gasteiger charge is 2.05. The second-order valence-electron chi connectivity index (χ2n) is 4.04. The van der Waals surface area contributed by atoms with Gasteiger partial charge in [0.2, 0.25) is 0 Å². The quantitative estimate of drug-likeness (QED) is 0.825. The molecule has 1 heterocycles. The molecule has 0 radical (unpaired) electrons. The van der Waals surface area contributed by atoms with Gasteiger partial charge in [-0.25, -0.2) is 4.98 Å². The first-order valence-corrected chi connectivity index (χ1v) is 6.56. The summed E-state index contributed by atoms with van der Waals surface area (Å²) in [4.78, 5) is 5.15. The van der Waals surface area contributed by atoms with Crippen LogP contribution in [0, 0.1) is 6.92 Å². The lowest BCUT2D eigenvalue weighted by Gasteiger charge is -2.10. The minimum atomic E-state index is -0.352. The second-order valence-corrected chi connectivity index (χ2v) is 5.13. The van der Waals surface area contributed by atoms with Crippen LogP contribution in [-0.4, -0.2) is 26.5 Å². The summed E-state index contributed by atoms with van der Waals surface area (Å²) in [6.45, 7) is 2.67. The lowest BCUT2D eigenvalue weighted by molar-refractivity contribution is 0.178. The highest BCUT2D eigenvalue weighted by Crippen LogP contribution is 2.20. The second kappa shape index (κ2) is 5.89. The summed E-state index contributed by atoms with van der Waals surface area (Å²) in [7, 11) is 0. The Morgan fingerprint density at radius 3 is 3.06 bits per heavy atom. The van der Waals surface area contributed by atoms with Gasteiger partial charge in [0.1, 0.15) is 0 Å². The van der Waals surface area contributed by atoms with Crippen molar-refractivity contribution in [2.24, 2.45) is 0 Å². The number of benzene rings is 1. The molecule has 1 aromatic heterocycles. The summed E-state index contributed by atoms with van der Waals surface area (Å²) in [6.07, 6.45) is 4.95. The van der Waals surface area contributed by atoms with Crippen LogP contribution in [0.3, 0.4) is 0 Å². The SMILES string of the molecule is Cc1cccc(SCC(O)Cn2ccnc2)c1. The average molecular weight is 248 g/mol. The van der Waals surface area contributed by atoms with Gasteiger partial charge < -0.3 is 9.67 Å². The monoisotopic (exact) mass is 248 g/mol. The van der Waals surface area contributed by atoms with Gasteiger partial charge in [-0.1, -0.05) is 17.7 Å². The fourth-order valence-electron chi connectivity index (χ4n) is 1.59. The Labute approximate surface area is 106 Å². The lowest BCUT2D eigenvalue weighted by atomic mass is 10.2. The minimum absolute atomic E-state index is 0.352. The molecule has 1 unspecified atom stereocenters. The molecule has 1 atom stereocenters. The maximum atomic E-state index is 9.88. The summed E-state index contributed by atoms with van der Waals surface area (Å²) in [5, 5.41) is 9.88. The largest absolute Gasteiger partial charge is 0.390 e. The zero-order valence-electron chi connectivity index (χ0n) is 9.78. The van der Waals surface area contributed by atoms with E-state index in [0.29, 0.717) is 12.3 Å². The smallest absolute Gasteiger partial charge is 0.0946 e. The number of aliphatic hydroxyl groups is 1. The predicted molar refractivity (Wildman–Crippen MR) is 70.1 cm³/mol. The number of imidazole rings is 1. The van der Waals surface area contributed by atoms with Gasteiger partial charge in [-0.2, -0.15) is 0 Å². The number of nitrogens with zero attached hydrogens (tertiary/aromatic N) is 2. The first-order valence-electron chi connectivity index (χ1n) is 5.57. The number of aliphatic hydroxyl groups excluding tert-OH is 1. The minimum Gasteiger partial charge on any atom is -0.390 e. The molecular weight excluding hydrogens is 232 g/mol. The van der Waals surface area contributed by atoms with Gasteiger partial charge in [-0.3, -0.25) is 0 Å². The summed E-state index contributed by atoms with van der Waals surface area (Å²) in [5.74, 6) is 0.696. The van der Waals surface area contributed by atoms with Crippen molar-refractivity contribution in [2.75, 3.05) is 5.75 Å². The standard InChI is InChI=1S/C13H16N2OS/c1-11-3-2-4-13(7-11)17-9-12(16)8-15-6-5-14-10-15/h2-7,10,12,16H,8-9H2,1H3. The fourth-order valence-corrected chi connectivity index (χ4v) is 2.52. The van der Waals surface area contributed by atoms with Gasteiger partial charge in [0, 0.05) is 23.0 Å². The summed E-state index contributed by atoms with van der Waals surface area (Å²) in [5.41, 5.74) is 1.25. The molecule has 1 aromatic carbocycles. The van der Waals surface area contributed by atoms with Crippen LogP contribution in [-0.2, 0) is 6.54 Å². The molecular formula is C13H16N2OS. The van der Waals surface area contributed by atoms with E-state index >= 15 is 0 Å². The molecule has 0 bridgehead atoms.